The number of thiophene rings is 1. The summed E-state index contributed by atoms with van der Waals surface area (Å²) in [6.07, 6.45) is -4.26. The fourth-order valence-electron chi connectivity index (χ4n) is 1.55. The Morgan fingerprint density at radius 2 is 1.72 bits per heavy atom. The molecule has 0 atom stereocenters. The van der Waals surface area contributed by atoms with Crippen molar-refractivity contribution in [1.29, 1.82) is 0 Å². The number of alkyl halides is 3. The SMILES string of the molecule is FC(F)(F)c1ccc(CNCc2cccs2)cc1. The van der Waals surface area contributed by atoms with Crippen LogP contribution in [0.1, 0.15) is 16.0 Å². The summed E-state index contributed by atoms with van der Waals surface area (Å²) in [7, 11) is 0. The number of hydrogen-bond acceptors (Lipinski definition) is 2. The van der Waals surface area contributed by atoms with Crippen molar-refractivity contribution >= 4 is 11.3 Å². The van der Waals surface area contributed by atoms with Gasteiger partial charge in [0.1, 0.15) is 0 Å². The van der Waals surface area contributed by atoms with Crippen molar-refractivity contribution in [2.75, 3.05) is 0 Å². The summed E-state index contributed by atoms with van der Waals surface area (Å²) in [4.78, 5) is 1.21. The molecule has 96 valence electrons. The molecule has 2 aromatic rings. The van der Waals surface area contributed by atoms with E-state index >= 15 is 0 Å². The maximum Gasteiger partial charge on any atom is 0.416 e. The summed E-state index contributed by atoms with van der Waals surface area (Å²) in [6.45, 7) is 1.30. The molecule has 0 aliphatic rings. The molecule has 0 amide bonds. The zero-order chi connectivity index (χ0) is 13.0. The number of benzene rings is 1. The topological polar surface area (TPSA) is 12.0 Å². The van der Waals surface area contributed by atoms with E-state index in [1.807, 2.05) is 17.5 Å². The van der Waals surface area contributed by atoms with E-state index in [0.717, 1.165) is 24.2 Å². The van der Waals surface area contributed by atoms with Crippen molar-refractivity contribution in [3.63, 3.8) is 0 Å². The molecule has 0 radical (unpaired) electrons. The standard InChI is InChI=1S/C13H12F3NS/c14-13(15,16)11-5-3-10(4-6-11)8-17-9-12-2-1-7-18-12/h1-7,17H,8-9H2. The molecule has 0 fully saturated rings. The smallest absolute Gasteiger partial charge is 0.308 e. The van der Waals surface area contributed by atoms with E-state index in [9.17, 15) is 13.2 Å². The third-order valence-electron chi connectivity index (χ3n) is 2.49. The molecule has 1 heterocycles. The average Bonchev–Trinajstić information content (AvgIpc) is 2.82. The van der Waals surface area contributed by atoms with Crippen LogP contribution in [0.25, 0.3) is 0 Å². The van der Waals surface area contributed by atoms with Crippen molar-refractivity contribution in [3.05, 3.63) is 57.8 Å². The predicted octanol–water partition coefficient (Wildman–Crippen LogP) is 4.06. The van der Waals surface area contributed by atoms with Crippen molar-refractivity contribution in [1.82, 2.24) is 5.32 Å². The third kappa shape index (κ3) is 3.58. The second-order valence-corrected chi connectivity index (χ2v) is 4.91. The Kier molecular flexibility index (Phi) is 4.04. The van der Waals surface area contributed by atoms with Crippen LogP contribution in [0.15, 0.2) is 41.8 Å². The van der Waals surface area contributed by atoms with E-state index in [1.54, 1.807) is 11.3 Å². The van der Waals surface area contributed by atoms with Gasteiger partial charge in [0.25, 0.3) is 0 Å². The first-order chi connectivity index (χ1) is 8.55. The summed E-state index contributed by atoms with van der Waals surface area (Å²) in [5, 5.41) is 5.19. The first-order valence-corrected chi connectivity index (χ1v) is 6.33. The van der Waals surface area contributed by atoms with Gasteiger partial charge in [-0.2, -0.15) is 13.2 Å². The molecular formula is C13H12F3NS. The lowest BCUT2D eigenvalue weighted by atomic mass is 10.1. The number of halogens is 3. The Morgan fingerprint density at radius 3 is 2.28 bits per heavy atom. The number of nitrogens with one attached hydrogen (secondary N) is 1. The highest BCUT2D eigenvalue weighted by atomic mass is 32.1. The van der Waals surface area contributed by atoms with E-state index in [1.165, 1.54) is 17.0 Å². The first kappa shape index (κ1) is 13.1. The van der Waals surface area contributed by atoms with Crippen LogP contribution in [0.3, 0.4) is 0 Å². The molecule has 1 aromatic heterocycles. The number of rotatable bonds is 4. The quantitative estimate of drug-likeness (QED) is 0.884. The Balaban J connectivity index is 1.87. The van der Waals surface area contributed by atoms with Crippen molar-refractivity contribution in [2.45, 2.75) is 19.3 Å². The summed E-state index contributed by atoms with van der Waals surface area (Å²) < 4.78 is 37.0. The van der Waals surface area contributed by atoms with Gasteiger partial charge in [-0.25, -0.2) is 0 Å². The monoisotopic (exact) mass is 271 g/mol. The van der Waals surface area contributed by atoms with E-state index < -0.39 is 11.7 Å². The fourth-order valence-corrected chi connectivity index (χ4v) is 2.23. The van der Waals surface area contributed by atoms with Gasteiger partial charge in [-0.05, 0) is 29.1 Å². The van der Waals surface area contributed by atoms with Gasteiger partial charge in [0, 0.05) is 18.0 Å². The summed E-state index contributed by atoms with van der Waals surface area (Å²) in [6, 6.07) is 9.23. The molecule has 18 heavy (non-hydrogen) atoms. The molecule has 1 aromatic carbocycles. The van der Waals surface area contributed by atoms with Crippen LogP contribution >= 0.6 is 11.3 Å². The summed E-state index contributed by atoms with van der Waals surface area (Å²) in [5.41, 5.74) is 0.240. The minimum atomic E-state index is -4.26. The zero-order valence-corrected chi connectivity index (χ0v) is 10.3. The molecule has 1 nitrogen and oxygen atoms in total. The van der Waals surface area contributed by atoms with Crippen molar-refractivity contribution in [2.24, 2.45) is 0 Å². The molecule has 0 unspecified atom stereocenters. The molecule has 2 rings (SSSR count). The van der Waals surface area contributed by atoms with Crippen LogP contribution in [-0.2, 0) is 19.3 Å². The molecular weight excluding hydrogens is 259 g/mol. The van der Waals surface area contributed by atoms with E-state index in [4.69, 9.17) is 0 Å². The van der Waals surface area contributed by atoms with Crippen LogP contribution in [-0.4, -0.2) is 0 Å². The van der Waals surface area contributed by atoms with E-state index in [0.29, 0.717) is 6.54 Å². The Labute approximate surface area is 107 Å². The van der Waals surface area contributed by atoms with Gasteiger partial charge in [0.05, 0.1) is 5.56 Å². The lowest BCUT2D eigenvalue weighted by Gasteiger charge is -2.08. The van der Waals surface area contributed by atoms with Crippen molar-refractivity contribution in [3.8, 4) is 0 Å². The molecule has 0 saturated carbocycles. The molecule has 0 aliphatic carbocycles. The highest BCUT2D eigenvalue weighted by Crippen LogP contribution is 2.29. The molecule has 0 saturated heterocycles. The molecule has 5 heteroatoms. The molecule has 0 aliphatic heterocycles. The Morgan fingerprint density at radius 1 is 1.00 bits per heavy atom. The molecule has 1 N–H and O–H groups in total. The molecule has 0 bridgehead atoms. The highest BCUT2D eigenvalue weighted by molar-refractivity contribution is 7.09. The highest BCUT2D eigenvalue weighted by Gasteiger charge is 2.29. The van der Waals surface area contributed by atoms with Gasteiger partial charge in [0.2, 0.25) is 0 Å². The lowest BCUT2D eigenvalue weighted by molar-refractivity contribution is -0.137. The van der Waals surface area contributed by atoms with Gasteiger partial charge >= 0.3 is 6.18 Å². The second-order valence-electron chi connectivity index (χ2n) is 3.88. The van der Waals surface area contributed by atoms with Gasteiger partial charge < -0.3 is 5.32 Å². The Hall–Kier alpha value is -1.33. The fraction of sp³-hybridized carbons (Fsp3) is 0.231. The Bertz CT molecular complexity index is 474. The predicted molar refractivity (Wildman–Crippen MR) is 66.3 cm³/mol. The van der Waals surface area contributed by atoms with Gasteiger partial charge in [-0.15, -0.1) is 11.3 Å². The van der Waals surface area contributed by atoms with Crippen LogP contribution in [0.4, 0.5) is 13.2 Å². The summed E-state index contributed by atoms with van der Waals surface area (Å²) >= 11 is 1.65. The van der Waals surface area contributed by atoms with Gasteiger partial charge in [-0.1, -0.05) is 18.2 Å². The van der Waals surface area contributed by atoms with Crippen molar-refractivity contribution < 1.29 is 13.2 Å². The maximum atomic E-state index is 12.3. The molecule has 0 spiro atoms. The second kappa shape index (κ2) is 5.54. The lowest BCUT2D eigenvalue weighted by Crippen LogP contribution is -2.12. The van der Waals surface area contributed by atoms with E-state index in [-0.39, 0.29) is 0 Å². The minimum absolute atomic E-state index is 0.566. The normalized spacial score (nSPS) is 11.7. The van der Waals surface area contributed by atoms with Gasteiger partial charge in [0.15, 0.2) is 0 Å². The van der Waals surface area contributed by atoms with Crippen LogP contribution in [0, 0.1) is 0 Å². The maximum absolute atomic E-state index is 12.3. The third-order valence-corrected chi connectivity index (χ3v) is 3.37. The van der Waals surface area contributed by atoms with Crippen LogP contribution in [0.5, 0.6) is 0 Å². The van der Waals surface area contributed by atoms with Crippen LogP contribution < -0.4 is 5.32 Å². The van der Waals surface area contributed by atoms with Crippen LogP contribution in [0.2, 0.25) is 0 Å². The van der Waals surface area contributed by atoms with Gasteiger partial charge in [-0.3, -0.25) is 0 Å². The number of hydrogen-bond donors (Lipinski definition) is 1. The minimum Gasteiger partial charge on any atom is -0.308 e. The van der Waals surface area contributed by atoms with E-state index in [2.05, 4.69) is 5.32 Å². The first-order valence-electron chi connectivity index (χ1n) is 5.45. The zero-order valence-electron chi connectivity index (χ0n) is 9.50. The average molecular weight is 271 g/mol. The summed E-state index contributed by atoms with van der Waals surface area (Å²) in [5.74, 6) is 0. The largest absolute Gasteiger partial charge is 0.416 e.